The van der Waals surface area contributed by atoms with E-state index in [-0.39, 0.29) is 41.8 Å². The van der Waals surface area contributed by atoms with E-state index in [0.29, 0.717) is 12.1 Å². The standard InChI is InChI=1S/C23H38N6O2.HI/c1-5-25-23(27-14-12-18-9-6-10-19(17-18)21(30)24-2)26-13-8-16-29-15-7-11-20(29)22(31)28(3)4;/h6,9-10,17,20H,5,7-8,11-16H2,1-4H3,(H,24,30)(H2,25,26,27);1H. The maximum absolute atomic E-state index is 12.3. The van der Waals surface area contributed by atoms with Crippen LogP contribution < -0.4 is 16.0 Å². The number of rotatable bonds is 10. The molecule has 0 aromatic heterocycles. The average Bonchev–Trinajstić information content (AvgIpc) is 3.24. The number of hydrogen-bond donors (Lipinski definition) is 3. The third-order valence-corrected chi connectivity index (χ3v) is 5.43. The lowest BCUT2D eigenvalue weighted by molar-refractivity contribution is -0.133. The first-order valence-electron chi connectivity index (χ1n) is 11.2. The minimum Gasteiger partial charge on any atom is -0.357 e. The number of carbonyl (C=O) groups is 2. The summed E-state index contributed by atoms with van der Waals surface area (Å²) in [7, 11) is 5.29. The SMILES string of the molecule is CCNC(=NCCCN1CCCC1C(=O)N(C)C)NCCc1cccc(C(=O)NC)c1.I. The summed E-state index contributed by atoms with van der Waals surface area (Å²) in [4.78, 5) is 32.8. The van der Waals surface area contributed by atoms with Crippen LogP contribution in [0.1, 0.15) is 42.1 Å². The van der Waals surface area contributed by atoms with Crippen molar-refractivity contribution in [2.45, 2.75) is 38.6 Å². The monoisotopic (exact) mass is 558 g/mol. The van der Waals surface area contributed by atoms with Crippen LogP contribution in [0.2, 0.25) is 0 Å². The Balaban J connectivity index is 0.00000512. The maximum atomic E-state index is 12.3. The quantitative estimate of drug-likeness (QED) is 0.176. The first-order chi connectivity index (χ1) is 15.0. The largest absolute Gasteiger partial charge is 0.357 e. The summed E-state index contributed by atoms with van der Waals surface area (Å²) >= 11 is 0. The highest BCUT2D eigenvalue weighted by atomic mass is 127. The van der Waals surface area contributed by atoms with Gasteiger partial charge in [-0.1, -0.05) is 12.1 Å². The zero-order valence-corrected chi connectivity index (χ0v) is 22.1. The summed E-state index contributed by atoms with van der Waals surface area (Å²) < 4.78 is 0. The van der Waals surface area contributed by atoms with Gasteiger partial charge >= 0.3 is 0 Å². The molecule has 1 fully saturated rings. The number of nitrogens with zero attached hydrogens (tertiary/aromatic N) is 3. The van der Waals surface area contributed by atoms with E-state index < -0.39 is 0 Å². The number of hydrogen-bond acceptors (Lipinski definition) is 4. The van der Waals surface area contributed by atoms with Crippen molar-refractivity contribution in [1.29, 1.82) is 0 Å². The predicted octanol–water partition coefficient (Wildman–Crippen LogP) is 1.70. The second-order valence-electron chi connectivity index (χ2n) is 8.00. The Kier molecular flexibility index (Phi) is 13.2. The topological polar surface area (TPSA) is 89.1 Å². The zero-order valence-electron chi connectivity index (χ0n) is 19.8. The molecule has 2 rings (SSSR count). The zero-order chi connectivity index (χ0) is 22.6. The highest BCUT2D eigenvalue weighted by molar-refractivity contribution is 14.0. The molecule has 3 N–H and O–H groups in total. The number of halogens is 1. The maximum Gasteiger partial charge on any atom is 0.251 e. The fourth-order valence-electron chi connectivity index (χ4n) is 3.82. The molecule has 0 aliphatic carbocycles. The van der Waals surface area contributed by atoms with Gasteiger partial charge in [-0.05, 0) is 56.8 Å². The summed E-state index contributed by atoms with van der Waals surface area (Å²) in [5.41, 5.74) is 1.78. The van der Waals surface area contributed by atoms with Crippen LogP contribution in [0, 0.1) is 0 Å². The van der Waals surface area contributed by atoms with Crippen molar-refractivity contribution >= 4 is 41.8 Å². The molecule has 1 aliphatic rings. The molecule has 2 amide bonds. The van der Waals surface area contributed by atoms with Gasteiger partial charge in [-0.25, -0.2) is 0 Å². The van der Waals surface area contributed by atoms with E-state index in [1.54, 1.807) is 11.9 Å². The van der Waals surface area contributed by atoms with Gasteiger partial charge in [-0.2, -0.15) is 0 Å². The molecule has 0 bridgehead atoms. The Bertz CT molecular complexity index is 756. The highest BCUT2D eigenvalue weighted by Gasteiger charge is 2.30. The van der Waals surface area contributed by atoms with Gasteiger partial charge in [0.2, 0.25) is 5.91 Å². The predicted molar refractivity (Wildman–Crippen MR) is 141 cm³/mol. The Morgan fingerprint density at radius 3 is 2.72 bits per heavy atom. The number of carbonyl (C=O) groups excluding carboxylic acids is 2. The molecule has 1 aliphatic heterocycles. The summed E-state index contributed by atoms with van der Waals surface area (Å²) in [6.45, 7) is 6.16. The number of likely N-dealkylation sites (N-methyl/N-ethyl adjacent to an activating group) is 1. The van der Waals surface area contributed by atoms with E-state index in [1.165, 1.54) is 0 Å². The highest BCUT2D eigenvalue weighted by Crippen LogP contribution is 2.18. The third kappa shape index (κ3) is 8.93. The van der Waals surface area contributed by atoms with Crippen molar-refractivity contribution in [3.05, 3.63) is 35.4 Å². The lowest BCUT2D eigenvalue weighted by Crippen LogP contribution is -2.43. The first kappa shape index (κ1) is 28.2. The molecule has 1 saturated heterocycles. The van der Waals surface area contributed by atoms with E-state index in [9.17, 15) is 9.59 Å². The van der Waals surface area contributed by atoms with E-state index in [1.807, 2.05) is 45.3 Å². The van der Waals surface area contributed by atoms with Crippen LogP contribution in [0.15, 0.2) is 29.3 Å². The van der Waals surface area contributed by atoms with Crippen LogP contribution in [-0.4, -0.2) is 87.5 Å². The molecule has 32 heavy (non-hydrogen) atoms. The molecule has 1 unspecified atom stereocenters. The van der Waals surface area contributed by atoms with Gasteiger partial charge in [-0.15, -0.1) is 24.0 Å². The molecule has 0 spiro atoms. The van der Waals surface area contributed by atoms with E-state index in [0.717, 1.165) is 63.4 Å². The van der Waals surface area contributed by atoms with E-state index >= 15 is 0 Å². The van der Waals surface area contributed by atoms with Crippen LogP contribution in [0.5, 0.6) is 0 Å². The Morgan fingerprint density at radius 2 is 2.03 bits per heavy atom. The van der Waals surface area contributed by atoms with Gasteiger partial charge in [0.1, 0.15) is 0 Å². The molecule has 180 valence electrons. The average molecular weight is 559 g/mol. The van der Waals surface area contributed by atoms with Crippen LogP contribution in [0.4, 0.5) is 0 Å². The summed E-state index contributed by atoms with van der Waals surface area (Å²) in [5, 5.41) is 9.30. The number of nitrogens with one attached hydrogen (secondary N) is 3. The normalized spacial score (nSPS) is 16.2. The number of guanidine groups is 1. The Labute approximate surface area is 209 Å². The van der Waals surface area contributed by atoms with Crippen LogP contribution in [0.25, 0.3) is 0 Å². The second kappa shape index (κ2) is 15.0. The van der Waals surface area contributed by atoms with Crippen molar-refractivity contribution in [3.63, 3.8) is 0 Å². The number of aliphatic imine (C=N–C) groups is 1. The molecule has 1 heterocycles. The molecule has 8 nitrogen and oxygen atoms in total. The molecule has 0 saturated carbocycles. The molecule has 1 aromatic carbocycles. The van der Waals surface area contributed by atoms with Crippen molar-refractivity contribution in [3.8, 4) is 0 Å². The van der Waals surface area contributed by atoms with Gasteiger partial charge in [0.05, 0.1) is 6.04 Å². The Morgan fingerprint density at radius 1 is 1.25 bits per heavy atom. The lowest BCUT2D eigenvalue weighted by Gasteiger charge is -2.25. The molecule has 9 heteroatoms. The van der Waals surface area contributed by atoms with Gasteiger partial charge < -0.3 is 20.9 Å². The van der Waals surface area contributed by atoms with Crippen molar-refractivity contribution in [2.75, 3.05) is 53.9 Å². The fraction of sp³-hybridized carbons (Fsp3) is 0.609. The third-order valence-electron chi connectivity index (χ3n) is 5.43. The van der Waals surface area contributed by atoms with Gasteiger partial charge in [0.25, 0.3) is 5.91 Å². The summed E-state index contributed by atoms with van der Waals surface area (Å²) in [6, 6.07) is 7.70. The van der Waals surface area contributed by atoms with Crippen LogP contribution in [0.3, 0.4) is 0 Å². The minimum absolute atomic E-state index is 0. The van der Waals surface area contributed by atoms with Crippen molar-refractivity contribution in [2.24, 2.45) is 4.99 Å². The number of amides is 2. The molecule has 0 radical (unpaired) electrons. The second-order valence-corrected chi connectivity index (χ2v) is 8.00. The molecular weight excluding hydrogens is 519 g/mol. The fourth-order valence-corrected chi connectivity index (χ4v) is 3.82. The molecule has 1 atom stereocenters. The minimum atomic E-state index is -0.0720. The van der Waals surface area contributed by atoms with Gasteiger partial charge in [0, 0.05) is 52.9 Å². The van der Waals surface area contributed by atoms with E-state index in [2.05, 4.69) is 25.8 Å². The molecular formula is C23H39IN6O2. The smallest absolute Gasteiger partial charge is 0.251 e. The lowest BCUT2D eigenvalue weighted by atomic mass is 10.1. The van der Waals surface area contributed by atoms with Crippen LogP contribution in [-0.2, 0) is 11.2 Å². The number of benzene rings is 1. The van der Waals surface area contributed by atoms with Gasteiger partial charge in [-0.3, -0.25) is 19.5 Å². The van der Waals surface area contributed by atoms with Crippen molar-refractivity contribution in [1.82, 2.24) is 25.8 Å². The number of likely N-dealkylation sites (tertiary alicyclic amines) is 1. The summed E-state index contributed by atoms with van der Waals surface area (Å²) in [5.74, 6) is 0.932. The van der Waals surface area contributed by atoms with Gasteiger partial charge in [0.15, 0.2) is 5.96 Å². The molecule has 1 aromatic rings. The van der Waals surface area contributed by atoms with Crippen LogP contribution >= 0.6 is 24.0 Å². The first-order valence-corrected chi connectivity index (χ1v) is 11.2. The Hall–Kier alpha value is -1.88. The van der Waals surface area contributed by atoms with Crippen molar-refractivity contribution < 1.29 is 9.59 Å². The van der Waals surface area contributed by atoms with E-state index in [4.69, 9.17) is 0 Å². The summed E-state index contributed by atoms with van der Waals surface area (Å²) in [6.07, 6.45) is 3.75.